The molecule has 1 heterocycles. The van der Waals surface area contributed by atoms with E-state index in [1.165, 1.54) is 50.2 Å². The standard InChI is InChI=1S/C11H21NS/c1-2-11(5-6-11)9-12-10-3-7-13-8-4-10/h10,12H,2-9H2,1H3. The lowest BCUT2D eigenvalue weighted by Gasteiger charge is -2.25. The summed E-state index contributed by atoms with van der Waals surface area (Å²) in [6, 6.07) is 0.838. The van der Waals surface area contributed by atoms with Crippen molar-refractivity contribution in [2.24, 2.45) is 5.41 Å². The molecule has 2 rings (SSSR count). The second-order valence-electron chi connectivity index (χ2n) is 4.62. The predicted octanol–water partition coefficient (Wildman–Crippen LogP) is 2.66. The summed E-state index contributed by atoms with van der Waals surface area (Å²) in [4.78, 5) is 0. The van der Waals surface area contributed by atoms with Crippen LogP contribution in [0.15, 0.2) is 0 Å². The summed E-state index contributed by atoms with van der Waals surface area (Å²) in [6.45, 7) is 3.63. The molecular weight excluding hydrogens is 178 g/mol. The first kappa shape index (κ1) is 9.85. The molecule has 2 heteroatoms. The van der Waals surface area contributed by atoms with Gasteiger partial charge in [0, 0.05) is 12.6 Å². The summed E-state index contributed by atoms with van der Waals surface area (Å²) in [5.74, 6) is 2.74. The Balaban J connectivity index is 1.66. The van der Waals surface area contributed by atoms with E-state index in [1.54, 1.807) is 0 Å². The molecule has 0 aromatic heterocycles. The number of thioether (sulfide) groups is 1. The van der Waals surface area contributed by atoms with Crippen molar-refractivity contribution < 1.29 is 0 Å². The average Bonchev–Trinajstić information content (AvgIpc) is 2.97. The van der Waals surface area contributed by atoms with Crippen LogP contribution in [0.25, 0.3) is 0 Å². The lowest BCUT2D eigenvalue weighted by Crippen LogP contribution is -2.36. The van der Waals surface area contributed by atoms with E-state index in [0.29, 0.717) is 0 Å². The number of hydrogen-bond acceptors (Lipinski definition) is 2. The minimum Gasteiger partial charge on any atom is -0.313 e. The van der Waals surface area contributed by atoms with Gasteiger partial charge >= 0.3 is 0 Å². The van der Waals surface area contributed by atoms with Gasteiger partial charge in [-0.2, -0.15) is 11.8 Å². The van der Waals surface area contributed by atoms with Crippen molar-refractivity contribution in [3.8, 4) is 0 Å². The van der Waals surface area contributed by atoms with Crippen molar-refractivity contribution in [2.75, 3.05) is 18.1 Å². The Labute approximate surface area is 86.0 Å². The highest BCUT2D eigenvalue weighted by atomic mass is 32.2. The second-order valence-corrected chi connectivity index (χ2v) is 5.85. The van der Waals surface area contributed by atoms with Crippen LogP contribution in [-0.4, -0.2) is 24.1 Å². The maximum atomic E-state index is 3.76. The van der Waals surface area contributed by atoms with Crippen LogP contribution in [0.2, 0.25) is 0 Å². The van der Waals surface area contributed by atoms with Gasteiger partial charge in [-0.25, -0.2) is 0 Å². The topological polar surface area (TPSA) is 12.0 Å². The molecule has 0 aromatic rings. The van der Waals surface area contributed by atoms with Crippen LogP contribution in [0.4, 0.5) is 0 Å². The first-order chi connectivity index (χ1) is 6.35. The van der Waals surface area contributed by atoms with Gasteiger partial charge in [-0.05, 0) is 49.0 Å². The summed E-state index contributed by atoms with van der Waals surface area (Å²) in [6.07, 6.45) is 7.10. The number of rotatable bonds is 4. The minimum absolute atomic E-state index is 0.727. The molecule has 0 radical (unpaired) electrons. The Morgan fingerprint density at radius 3 is 2.54 bits per heavy atom. The highest BCUT2D eigenvalue weighted by Gasteiger charge is 2.40. The van der Waals surface area contributed by atoms with Gasteiger partial charge in [-0.15, -0.1) is 0 Å². The molecule has 0 atom stereocenters. The molecule has 2 fully saturated rings. The van der Waals surface area contributed by atoms with Crippen LogP contribution in [-0.2, 0) is 0 Å². The zero-order valence-electron chi connectivity index (χ0n) is 8.64. The van der Waals surface area contributed by atoms with Gasteiger partial charge in [0.05, 0.1) is 0 Å². The van der Waals surface area contributed by atoms with Gasteiger partial charge in [-0.3, -0.25) is 0 Å². The van der Waals surface area contributed by atoms with Gasteiger partial charge in [-0.1, -0.05) is 6.92 Å². The average molecular weight is 199 g/mol. The fourth-order valence-electron chi connectivity index (χ4n) is 2.09. The molecule has 1 nitrogen and oxygen atoms in total. The lowest BCUT2D eigenvalue weighted by atomic mass is 10.0. The molecule has 1 N–H and O–H groups in total. The normalized spacial score (nSPS) is 27.5. The zero-order chi connectivity index (χ0) is 9.15. The summed E-state index contributed by atoms with van der Waals surface area (Å²) < 4.78 is 0. The summed E-state index contributed by atoms with van der Waals surface area (Å²) >= 11 is 2.11. The third-order valence-corrected chi connectivity index (χ3v) is 4.74. The van der Waals surface area contributed by atoms with Crippen molar-refractivity contribution in [3.63, 3.8) is 0 Å². The van der Waals surface area contributed by atoms with Gasteiger partial charge < -0.3 is 5.32 Å². The van der Waals surface area contributed by atoms with Crippen LogP contribution in [0.1, 0.15) is 39.0 Å². The van der Waals surface area contributed by atoms with Crippen molar-refractivity contribution >= 4 is 11.8 Å². The monoisotopic (exact) mass is 199 g/mol. The van der Waals surface area contributed by atoms with E-state index in [4.69, 9.17) is 0 Å². The summed E-state index contributed by atoms with van der Waals surface area (Å²) in [5, 5.41) is 3.76. The summed E-state index contributed by atoms with van der Waals surface area (Å²) in [7, 11) is 0. The third-order valence-electron chi connectivity index (χ3n) is 3.69. The molecule has 0 amide bonds. The quantitative estimate of drug-likeness (QED) is 0.747. The van der Waals surface area contributed by atoms with E-state index in [1.807, 2.05) is 0 Å². The van der Waals surface area contributed by atoms with Gasteiger partial charge in [0.2, 0.25) is 0 Å². The van der Waals surface area contributed by atoms with E-state index in [2.05, 4.69) is 24.0 Å². The van der Waals surface area contributed by atoms with Crippen LogP contribution >= 0.6 is 11.8 Å². The van der Waals surface area contributed by atoms with Gasteiger partial charge in [0.15, 0.2) is 0 Å². The fraction of sp³-hybridized carbons (Fsp3) is 1.00. The van der Waals surface area contributed by atoms with Crippen molar-refractivity contribution in [2.45, 2.75) is 45.1 Å². The second kappa shape index (κ2) is 4.22. The Hall–Kier alpha value is 0.310. The van der Waals surface area contributed by atoms with Crippen LogP contribution in [0, 0.1) is 5.41 Å². The highest BCUT2D eigenvalue weighted by molar-refractivity contribution is 7.99. The van der Waals surface area contributed by atoms with Gasteiger partial charge in [0.25, 0.3) is 0 Å². The Bertz CT molecular complexity index is 159. The maximum absolute atomic E-state index is 3.76. The van der Waals surface area contributed by atoms with Crippen molar-refractivity contribution in [1.29, 1.82) is 0 Å². The largest absolute Gasteiger partial charge is 0.313 e. The summed E-state index contributed by atoms with van der Waals surface area (Å²) in [5.41, 5.74) is 0.727. The van der Waals surface area contributed by atoms with Gasteiger partial charge in [0.1, 0.15) is 0 Å². The molecule has 76 valence electrons. The van der Waals surface area contributed by atoms with E-state index in [0.717, 1.165) is 11.5 Å². The minimum atomic E-state index is 0.727. The Kier molecular flexibility index (Phi) is 3.20. The zero-order valence-corrected chi connectivity index (χ0v) is 9.46. The van der Waals surface area contributed by atoms with E-state index in [-0.39, 0.29) is 0 Å². The first-order valence-corrected chi connectivity index (χ1v) is 6.81. The smallest absolute Gasteiger partial charge is 0.00830 e. The first-order valence-electron chi connectivity index (χ1n) is 5.66. The van der Waals surface area contributed by atoms with Crippen molar-refractivity contribution in [3.05, 3.63) is 0 Å². The number of hydrogen-bond donors (Lipinski definition) is 1. The van der Waals surface area contributed by atoms with Crippen LogP contribution < -0.4 is 5.32 Å². The molecule has 13 heavy (non-hydrogen) atoms. The molecule has 1 aliphatic carbocycles. The number of nitrogens with one attached hydrogen (secondary N) is 1. The van der Waals surface area contributed by atoms with Crippen molar-refractivity contribution in [1.82, 2.24) is 5.32 Å². The molecule has 0 bridgehead atoms. The molecule has 0 unspecified atom stereocenters. The molecular formula is C11H21NS. The van der Waals surface area contributed by atoms with E-state index < -0.39 is 0 Å². The van der Waals surface area contributed by atoms with E-state index in [9.17, 15) is 0 Å². The maximum Gasteiger partial charge on any atom is 0.00830 e. The third kappa shape index (κ3) is 2.63. The molecule has 1 saturated heterocycles. The lowest BCUT2D eigenvalue weighted by molar-refractivity contribution is 0.387. The Morgan fingerprint density at radius 1 is 1.31 bits per heavy atom. The molecule has 0 aromatic carbocycles. The van der Waals surface area contributed by atoms with Crippen LogP contribution in [0.3, 0.4) is 0 Å². The predicted molar refractivity (Wildman–Crippen MR) is 60.3 cm³/mol. The molecule has 0 spiro atoms. The molecule has 2 aliphatic rings. The van der Waals surface area contributed by atoms with E-state index >= 15 is 0 Å². The highest BCUT2D eigenvalue weighted by Crippen LogP contribution is 2.48. The molecule has 1 saturated carbocycles. The Morgan fingerprint density at radius 2 is 2.00 bits per heavy atom. The fourth-order valence-corrected chi connectivity index (χ4v) is 3.20. The SMILES string of the molecule is CCC1(CNC2CCSCC2)CC1. The van der Waals surface area contributed by atoms with Crippen LogP contribution in [0.5, 0.6) is 0 Å². The molecule has 1 aliphatic heterocycles.